The second-order valence-electron chi connectivity index (χ2n) is 11.2. The zero-order valence-electron chi connectivity index (χ0n) is 18.5. The number of aromatic nitrogens is 2. The van der Waals surface area contributed by atoms with Crippen LogP contribution >= 0.6 is 0 Å². The van der Waals surface area contributed by atoms with E-state index >= 15 is 0 Å². The lowest BCUT2D eigenvalue weighted by atomic mass is 9.49. The van der Waals surface area contributed by atoms with Crippen molar-refractivity contribution >= 4 is 5.78 Å². The van der Waals surface area contributed by atoms with Crippen LogP contribution in [0.2, 0.25) is 0 Å². The Morgan fingerprint density at radius 3 is 2.77 bits per heavy atom. The molecule has 4 saturated carbocycles. The molecule has 4 aliphatic carbocycles. The van der Waals surface area contributed by atoms with Gasteiger partial charge >= 0.3 is 0 Å². The Bertz CT molecular complexity index is 894. The van der Waals surface area contributed by atoms with E-state index in [1.54, 1.807) is 10.9 Å². The minimum absolute atomic E-state index is 0.0602. The van der Waals surface area contributed by atoms with Crippen molar-refractivity contribution in [2.75, 3.05) is 6.67 Å². The first kappa shape index (κ1) is 21.1. The van der Waals surface area contributed by atoms with Crippen molar-refractivity contribution < 1.29 is 14.3 Å². The molecule has 0 spiro atoms. The summed E-state index contributed by atoms with van der Waals surface area (Å²) in [4.78, 5) is 13.3. The molecule has 8 atom stereocenters. The van der Waals surface area contributed by atoms with Crippen molar-refractivity contribution in [2.24, 2.45) is 40.9 Å². The number of fused-ring (bicyclic) bond motifs is 5. The fourth-order valence-electron chi connectivity index (χ4n) is 8.39. The van der Waals surface area contributed by atoms with Crippen molar-refractivity contribution in [3.05, 3.63) is 18.0 Å². The molecule has 5 rings (SSSR count). The lowest BCUT2D eigenvalue weighted by Crippen LogP contribution is -2.52. The molecular weight excluding hydrogens is 393 g/mol. The Labute approximate surface area is 184 Å². The predicted octanol–water partition coefficient (Wildman–Crippen LogP) is 4.29. The maximum absolute atomic E-state index is 13.4. The van der Waals surface area contributed by atoms with Crippen LogP contribution in [-0.2, 0) is 11.3 Å². The molecule has 4 aliphatic rings. The van der Waals surface area contributed by atoms with Gasteiger partial charge in [-0.3, -0.25) is 9.48 Å². The zero-order chi connectivity index (χ0) is 21.8. The zero-order valence-corrected chi connectivity index (χ0v) is 18.5. The van der Waals surface area contributed by atoms with Crippen LogP contribution in [0.15, 0.2) is 12.4 Å². The van der Waals surface area contributed by atoms with E-state index in [0.717, 1.165) is 38.5 Å². The van der Waals surface area contributed by atoms with Gasteiger partial charge in [-0.05, 0) is 92.8 Å². The first-order valence-electron chi connectivity index (χ1n) is 12.1. The third kappa shape index (κ3) is 3.44. The van der Waals surface area contributed by atoms with E-state index in [-0.39, 0.29) is 23.7 Å². The number of rotatable bonds is 4. The van der Waals surface area contributed by atoms with E-state index in [9.17, 15) is 14.3 Å². The number of nitrogens with zero attached hydrogens (tertiary/aromatic N) is 3. The Balaban J connectivity index is 1.29. The maximum Gasteiger partial charge on any atom is 0.157 e. The fraction of sp³-hybridized carbons (Fsp3) is 0.800. The molecule has 1 aromatic heterocycles. The van der Waals surface area contributed by atoms with Gasteiger partial charge in [0.1, 0.15) is 12.7 Å². The lowest BCUT2D eigenvalue weighted by molar-refractivity contribution is -0.134. The third-order valence-electron chi connectivity index (χ3n) is 9.82. The van der Waals surface area contributed by atoms with Gasteiger partial charge in [0, 0.05) is 12.1 Å². The summed E-state index contributed by atoms with van der Waals surface area (Å²) in [5, 5.41) is 23.7. The van der Waals surface area contributed by atoms with Gasteiger partial charge in [0.25, 0.3) is 0 Å². The third-order valence-corrected chi connectivity index (χ3v) is 9.82. The summed E-state index contributed by atoms with van der Waals surface area (Å²) in [7, 11) is 0. The molecule has 0 saturated heterocycles. The Morgan fingerprint density at radius 1 is 1.23 bits per heavy atom. The van der Waals surface area contributed by atoms with Crippen LogP contribution < -0.4 is 0 Å². The number of carbonyl (C=O) groups is 1. The number of nitriles is 1. The highest BCUT2D eigenvalue weighted by molar-refractivity contribution is 5.82. The number of hydrogen-bond donors (Lipinski definition) is 1. The van der Waals surface area contributed by atoms with Crippen molar-refractivity contribution in [1.82, 2.24) is 9.78 Å². The molecule has 1 heterocycles. The highest BCUT2D eigenvalue weighted by Crippen LogP contribution is 2.64. The highest BCUT2D eigenvalue weighted by Gasteiger charge is 2.59. The molecular formula is C25H34FN3O2. The van der Waals surface area contributed by atoms with E-state index in [4.69, 9.17) is 5.26 Å². The number of hydrogen-bond acceptors (Lipinski definition) is 4. The van der Waals surface area contributed by atoms with Crippen molar-refractivity contribution in [2.45, 2.75) is 76.9 Å². The topological polar surface area (TPSA) is 78.9 Å². The average Bonchev–Trinajstić information content (AvgIpc) is 3.36. The molecule has 6 heteroatoms. The predicted molar refractivity (Wildman–Crippen MR) is 113 cm³/mol. The summed E-state index contributed by atoms with van der Waals surface area (Å²) >= 11 is 0. The molecule has 0 aromatic carbocycles. The van der Waals surface area contributed by atoms with Crippen molar-refractivity contribution in [1.29, 1.82) is 5.26 Å². The minimum atomic E-state index is -1.08. The van der Waals surface area contributed by atoms with Gasteiger partial charge in [0.2, 0.25) is 0 Å². The Kier molecular flexibility index (Phi) is 5.24. The average molecular weight is 428 g/mol. The van der Waals surface area contributed by atoms with Crippen LogP contribution in [0.1, 0.15) is 70.3 Å². The summed E-state index contributed by atoms with van der Waals surface area (Å²) < 4.78 is 15.0. The smallest absolute Gasteiger partial charge is 0.157 e. The van der Waals surface area contributed by atoms with Gasteiger partial charge in [-0.25, -0.2) is 4.39 Å². The summed E-state index contributed by atoms with van der Waals surface area (Å²) in [6.07, 6.45) is 12.0. The fourth-order valence-corrected chi connectivity index (χ4v) is 8.39. The van der Waals surface area contributed by atoms with E-state index in [0.29, 0.717) is 48.0 Å². The molecule has 1 N–H and O–H groups in total. The van der Waals surface area contributed by atoms with Crippen LogP contribution in [0, 0.1) is 52.3 Å². The van der Waals surface area contributed by atoms with E-state index in [1.165, 1.54) is 12.6 Å². The van der Waals surface area contributed by atoms with Crippen LogP contribution in [0.3, 0.4) is 0 Å². The first-order chi connectivity index (χ1) is 14.9. The monoisotopic (exact) mass is 427 g/mol. The number of ketones is 1. The van der Waals surface area contributed by atoms with Crippen molar-refractivity contribution in [3.8, 4) is 6.07 Å². The van der Waals surface area contributed by atoms with Crippen LogP contribution in [-0.4, -0.2) is 32.9 Å². The van der Waals surface area contributed by atoms with E-state index in [1.807, 2.05) is 0 Å². The lowest BCUT2D eigenvalue weighted by Gasteiger charge is -2.56. The van der Waals surface area contributed by atoms with Crippen LogP contribution in [0.25, 0.3) is 0 Å². The van der Waals surface area contributed by atoms with E-state index < -0.39 is 12.3 Å². The number of alkyl halides is 1. The molecule has 0 bridgehead atoms. The molecule has 5 nitrogen and oxygen atoms in total. The quantitative estimate of drug-likeness (QED) is 0.777. The first-order valence-corrected chi connectivity index (χ1v) is 12.1. The highest BCUT2D eigenvalue weighted by atomic mass is 19.1. The Hall–Kier alpha value is -1.74. The van der Waals surface area contributed by atoms with Gasteiger partial charge in [-0.1, -0.05) is 6.92 Å². The number of Topliss-reactive ketones (excluding diaryl/α,β-unsaturated/α-hetero) is 1. The van der Waals surface area contributed by atoms with Crippen LogP contribution in [0.5, 0.6) is 0 Å². The van der Waals surface area contributed by atoms with Gasteiger partial charge in [-0.2, -0.15) is 10.4 Å². The van der Waals surface area contributed by atoms with E-state index in [2.05, 4.69) is 18.1 Å². The molecule has 4 fully saturated rings. The largest absolute Gasteiger partial charge is 0.387 e. The summed E-state index contributed by atoms with van der Waals surface area (Å²) in [6.45, 7) is 2.00. The molecule has 8 unspecified atom stereocenters. The van der Waals surface area contributed by atoms with Gasteiger partial charge < -0.3 is 5.11 Å². The normalized spacial score (nSPS) is 44.1. The number of halogens is 1. The number of aliphatic hydroxyl groups is 1. The van der Waals surface area contributed by atoms with Gasteiger partial charge in [-0.15, -0.1) is 0 Å². The standard InChI is InChI=1S/C25H34FN3O2/c1-24-8-6-19-18-7-9-25(31,15-26)10-17(18)2-3-20(19)21(24)4-5-22(24)23(30)14-29-13-16(11-27)12-28-29/h12-13,17-22,31H,2-10,14-15H2,1H3. The van der Waals surface area contributed by atoms with Crippen LogP contribution in [0.4, 0.5) is 4.39 Å². The SMILES string of the molecule is CC12CCC3C4CCC(O)(CF)CC4CCC3C1CCC2C(=O)Cn1cc(C#N)cn1. The minimum Gasteiger partial charge on any atom is -0.387 e. The maximum atomic E-state index is 13.4. The molecule has 0 aliphatic heterocycles. The molecule has 0 amide bonds. The molecule has 31 heavy (non-hydrogen) atoms. The second kappa shape index (κ2) is 7.69. The second-order valence-corrected chi connectivity index (χ2v) is 11.2. The number of carbonyl (C=O) groups excluding carboxylic acids is 1. The molecule has 1 aromatic rings. The molecule has 168 valence electrons. The Morgan fingerprint density at radius 2 is 2.03 bits per heavy atom. The summed E-state index contributed by atoms with van der Waals surface area (Å²) in [5.74, 6) is 3.37. The van der Waals surface area contributed by atoms with Crippen molar-refractivity contribution in [3.63, 3.8) is 0 Å². The summed E-state index contributed by atoms with van der Waals surface area (Å²) in [6, 6.07) is 2.07. The molecule has 0 radical (unpaired) electrons. The summed E-state index contributed by atoms with van der Waals surface area (Å²) in [5.41, 5.74) is -0.530. The van der Waals surface area contributed by atoms with Gasteiger partial charge in [0.05, 0.1) is 23.9 Å². The van der Waals surface area contributed by atoms with Gasteiger partial charge in [0.15, 0.2) is 5.78 Å².